The summed E-state index contributed by atoms with van der Waals surface area (Å²) in [5.74, 6) is 2.21. The van der Waals surface area contributed by atoms with Crippen molar-refractivity contribution in [2.45, 2.75) is 168 Å². The van der Waals surface area contributed by atoms with Gasteiger partial charge in [0.05, 0.1) is 12.0 Å². The van der Waals surface area contributed by atoms with Gasteiger partial charge < -0.3 is 0 Å². The SMILES string of the molecule is CCCCCCCCCCCCCCCC(CCCC)c1[nH]cc[n+]1C(C)CCCC. The fourth-order valence-corrected chi connectivity index (χ4v) is 4.99. The maximum atomic E-state index is 3.63. The summed E-state index contributed by atoms with van der Waals surface area (Å²) in [5.41, 5.74) is 0. The molecule has 0 saturated carbocycles. The van der Waals surface area contributed by atoms with Crippen LogP contribution in [0.15, 0.2) is 12.4 Å². The molecule has 0 spiro atoms. The fraction of sp³-hybridized carbons (Fsp3) is 0.897. The molecule has 0 bridgehead atoms. The van der Waals surface area contributed by atoms with E-state index in [9.17, 15) is 0 Å². The Morgan fingerprint density at radius 2 is 1.06 bits per heavy atom. The third-order valence-electron chi connectivity index (χ3n) is 7.14. The number of hydrogen-bond donors (Lipinski definition) is 1. The van der Waals surface area contributed by atoms with Crippen LogP contribution in [0.3, 0.4) is 0 Å². The Labute approximate surface area is 196 Å². The van der Waals surface area contributed by atoms with Gasteiger partial charge in [0, 0.05) is 0 Å². The van der Waals surface area contributed by atoms with E-state index < -0.39 is 0 Å². The summed E-state index contributed by atoms with van der Waals surface area (Å²) < 4.78 is 2.55. The van der Waals surface area contributed by atoms with Crippen LogP contribution in [0.2, 0.25) is 0 Å². The average molecular weight is 434 g/mol. The van der Waals surface area contributed by atoms with E-state index in [4.69, 9.17) is 0 Å². The first-order chi connectivity index (χ1) is 15.2. The largest absolute Gasteiger partial charge is 0.257 e. The van der Waals surface area contributed by atoms with Crippen molar-refractivity contribution in [1.29, 1.82) is 0 Å². The summed E-state index contributed by atoms with van der Waals surface area (Å²) in [6.07, 6.45) is 32.5. The first-order valence-corrected chi connectivity index (χ1v) is 14.3. The van der Waals surface area contributed by atoms with Crippen LogP contribution in [-0.2, 0) is 0 Å². The van der Waals surface area contributed by atoms with Crippen molar-refractivity contribution in [3.05, 3.63) is 18.2 Å². The highest BCUT2D eigenvalue weighted by atomic mass is 15.1. The summed E-state index contributed by atoms with van der Waals surface area (Å²) in [6, 6.07) is 0.622. The van der Waals surface area contributed by atoms with Gasteiger partial charge in [0.1, 0.15) is 12.4 Å². The van der Waals surface area contributed by atoms with Crippen LogP contribution in [0.25, 0.3) is 0 Å². The van der Waals surface area contributed by atoms with Crippen molar-refractivity contribution in [3.63, 3.8) is 0 Å². The molecule has 0 aliphatic carbocycles. The van der Waals surface area contributed by atoms with Crippen LogP contribution >= 0.6 is 0 Å². The molecule has 0 aromatic carbocycles. The molecule has 0 saturated heterocycles. The van der Waals surface area contributed by atoms with Crippen LogP contribution in [-0.4, -0.2) is 4.98 Å². The van der Waals surface area contributed by atoms with Crippen molar-refractivity contribution in [2.24, 2.45) is 0 Å². The molecule has 31 heavy (non-hydrogen) atoms. The molecule has 2 heteroatoms. The summed E-state index contributed by atoms with van der Waals surface area (Å²) >= 11 is 0. The molecule has 2 unspecified atom stereocenters. The lowest BCUT2D eigenvalue weighted by Crippen LogP contribution is -2.41. The number of aromatic amines is 1. The van der Waals surface area contributed by atoms with E-state index in [1.54, 1.807) is 0 Å². The molecule has 0 aliphatic heterocycles. The minimum absolute atomic E-state index is 0.622. The third kappa shape index (κ3) is 13.4. The molecule has 1 N–H and O–H groups in total. The predicted octanol–water partition coefficient (Wildman–Crippen LogP) is 9.81. The Bertz CT molecular complexity index is 493. The molecule has 0 aliphatic rings. The van der Waals surface area contributed by atoms with Gasteiger partial charge in [0.25, 0.3) is 5.82 Å². The van der Waals surface area contributed by atoms with Gasteiger partial charge >= 0.3 is 0 Å². The number of imidazole rings is 1. The second kappa shape index (κ2) is 19.9. The van der Waals surface area contributed by atoms with E-state index in [1.807, 2.05) is 0 Å². The zero-order valence-electron chi connectivity index (χ0n) is 21.9. The molecule has 1 aromatic rings. The average Bonchev–Trinajstić information content (AvgIpc) is 3.27. The van der Waals surface area contributed by atoms with Crippen molar-refractivity contribution in [3.8, 4) is 0 Å². The smallest absolute Gasteiger partial charge is 0.247 e. The van der Waals surface area contributed by atoms with E-state index in [0.29, 0.717) is 12.0 Å². The number of hydrogen-bond acceptors (Lipinski definition) is 0. The van der Waals surface area contributed by atoms with Gasteiger partial charge in [-0.25, -0.2) is 9.55 Å². The zero-order valence-corrected chi connectivity index (χ0v) is 21.9. The van der Waals surface area contributed by atoms with Crippen LogP contribution in [0.1, 0.15) is 174 Å². The van der Waals surface area contributed by atoms with Gasteiger partial charge in [-0.15, -0.1) is 0 Å². The Kier molecular flexibility index (Phi) is 18.1. The lowest BCUT2D eigenvalue weighted by atomic mass is 9.93. The number of unbranched alkanes of at least 4 members (excludes halogenated alkanes) is 14. The van der Waals surface area contributed by atoms with Gasteiger partial charge in [-0.1, -0.05) is 124 Å². The maximum Gasteiger partial charge on any atom is 0.257 e. The van der Waals surface area contributed by atoms with Gasteiger partial charge in [0.2, 0.25) is 0 Å². The van der Waals surface area contributed by atoms with Crippen LogP contribution in [0.4, 0.5) is 0 Å². The molecule has 0 radical (unpaired) electrons. The van der Waals surface area contributed by atoms with Crippen LogP contribution in [0, 0.1) is 0 Å². The van der Waals surface area contributed by atoms with Crippen molar-refractivity contribution < 1.29 is 4.57 Å². The molecule has 1 heterocycles. The molecular formula is C29H57N2+. The van der Waals surface area contributed by atoms with E-state index >= 15 is 0 Å². The molecule has 0 fully saturated rings. The highest BCUT2D eigenvalue weighted by molar-refractivity contribution is 4.90. The molecule has 2 atom stereocenters. The standard InChI is InChI=1S/C29H56N2/c1-5-8-11-12-13-14-15-16-17-18-19-20-21-24-28(23-10-7-3)29-30-25-26-31(29)27(4)22-9-6-2/h25-28H,5-24H2,1-4H3/p+1. The first-order valence-electron chi connectivity index (χ1n) is 14.3. The minimum atomic E-state index is 0.622. The molecule has 1 aromatic heterocycles. The normalized spacial score (nSPS) is 13.5. The van der Waals surface area contributed by atoms with E-state index in [-0.39, 0.29) is 0 Å². The fourth-order valence-electron chi connectivity index (χ4n) is 4.99. The highest BCUT2D eigenvalue weighted by Gasteiger charge is 2.25. The first kappa shape index (κ1) is 28.2. The number of aromatic nitrogens is 2. The zero-order chi connectivity index (χ0) is 22.6. The van der Waals surface area contributed by atoms with Gasteiger partial charge in [-0.05, 0) is 32.6 Å². The predicted molar refractivity (Wildman–Crippen MR) is 138 cm³/mol. The Balaban J connectivity index is 2.23. The maximum absolute atomic E-state index is 3.63. The Morgan fingerprint density at radius 1 is 0.613 bits per heavy atom. The summed E-state index contributed by atoms with van der Waals surface area (Å²) in [6.45, 7) is 9.33. The Morgan fingerprint density at radius 3 is 1.61 bits per heavy atom. The summed E-state index contributed by atoms with van der Waals surface area (Å²) in [4.78, 5) is 3.63. The lowest BCUT2D eigenvalue weighted by molar-refractivity contribution is -0.727. The van der Waals surface area contributed by atoms with Gasteiger partial charge in [-0.3, -0.25) is 0 Å². The topological polar surface area (TPSA) is 19.7 Å². The number of nitrogens with zero attached hydrogens (tertiary/aromatic N) is 1. The molecule has 182 valence electrons. The molecular weight excluding hydrogens is 376 g/mol. The summed E-state index contributed by atoms with van der Waals surface area (Å²) in [7, 11) is 0. The highest BCUT2D eigenvalue weighted by Crippen LogP contribution is 2.26. The minimum Gasteiger partial charge on any atom is -0.247 e. The van der Waals surface area contributed by atoms with Crippen LogP contribution < -0.4 is 4.57 Å². The molecule has 1 rings (SSSR count). The number of nitrogens with one attached hydrogen (secondary N) is 1. The quantitative estimate of drug-likeness (QED) is 0.139. The van der Waals surface area contributed by atoms with Crippen molar-refractivity contribution in [2.75, 3.05) is 0 Å². The number of H-pyrrole nitrogens is 1. The van der Waals surface area contributed by atoms with Crippen LogP contribution in [0.5, 0.6) is 0 Å². The second-order valence-corrected chi connectivity index (χ2v) is 10.1. The van der Waals surface area contributed by atoms with E-state index in [1.165, 1.54) is 134 Å². The molecule has 2 nitrogen and oxygen atoms in total. The van der Waals surface area contributed by atoms with E-state index in [2.05, 4.69) is 49.6 Å². The Hall–Kier alpha value is -0.790. The van der Waals surface area contributed by atoms with E-state index in [0.717, 1.165) is 0 Å². The third-order valence-corrected chi connectivity index (χ3v) is 7.14. The summed E-state index contributed by atoms with van der Waals surface area (Å²) in [5, 5.41) is 0. The van der Waals surface area contributed by atoms with Gasteiger partial charge in [0.15, 0.2) is 0 Å². The monoisotopic (exact) mass is 433 g/mol. The molecule has 0 amide bonds. The second-order valence-electron chi connectivity index (χ2n) is 10.1. The lowest BCUT2D eigenvalue weighted by Gasteiger charge is -2.17. The van der Waals surface area contributed by atoms with Crippen molar-refractivity contribution in [1.82, 2.24) is 4.98 Å². The van der Waals surface area contributed by atoms with Crippen molar-refractivity contribution >= 4 is 0 Å². The number of rotatable bonds is 22. The van der Waals surface area contributed by atoms with Gasteiger partial charge in [-0.2, -0.15) is 0 Å².